The molecule has 0 unspecified atom stereocenters. The Bertz CT molecular complexity index is 1100. The molecule has 0 spiro atoms. The van der Waals surface area contributed by atoms with Gasteiger partial charge in [-0.15, -0.1) is 0 Å². The van der Waals surface area contributed by atoms with Crippen LogP contribution in [-0.2, 0) is 4.74 Å². The van der Waals surface area contributed by atoms with Gasteiger partial charge in [0.15, 0.2) is 11.5 Å². The third-order valence-electron chi connectivity index (χ3n) is 5.36. The second-order valence-corrected chi connectivity index (χ2v) is 7.89. The molecule has 12 heteroatoms. The van der Waals surface area contributed by atoms with Crippen LogP contribution in [0.25, 0.3) is 5.69 Å². The number of hydrogen-bond acceptors (Lipinski definition) is 10. The molecule has 0 saturated carbocycles. The fourth-order valence-corrected chi connectivity index (χ4v) is 3.36. The van der Waals surface area contributed by atoms with Crippen molar-refractivity contribution in [3.05, 3.63) is 42.5 Å². The SMILES string of the molecule is C[C@H](N)[C@@H](C)Nc1cnc(C(N)=O)c(Nc2cc(N3CCOCC3)cc(-n3nccn3)c2)n1. The predicted octanol–water partition coefficient (Wildman–Crippen LogP) is 0.884. The molecule has 0 aliphatic carbocycles. The Morgan fingerprint density at radius 1 is 1.12 bits per heavy atom. The summed E-state index contributed by atoms with van der Waals surface area (Å²) in [7, 11) is 0. The van der Waals surface area contributed by atoms with E-state index in [0.717, 1.165) is 24.5 Å². The number of benzene rings is 1. The molecule has 1 amide bonds. The highest BCUT2D eigenvalue weighted by molar-refractivity contribution is 5.96. The van der Waals surface area contributed by atoms with E-state index in [9.17, 15) is 4.79 Å². The molecule has 2 aromatic heterocycles. The lowest BCUT2D eigenvalue weighted by Gasteiger charge is -2.29. The van der Waals surface area contributed by atoms with E-state index in [1.807, 2.05) is 32.0 Å². The summed E-state index contributed by atoms with van der Waals surface area (Å²) < 4.78 is 5.48. The van der Waals surface area contributed by atoms with Gasteiger partial charge in [0, 0.05) is 36.5 Å². The Morgan fingerprint density at radius 3 is 2.48 bits per heavy atom. The molecule has 3 aromatic rings. The number of nitrogens with two attached hydrogens (primary N) is 2. The van der Waals surface area contributed by atoms with E-state index in [1.165, 1.54) is 11.0 Å². The number of anilines is 4. The van der Waals surface area contributed by atoms with Gasteiger partial charge in [0.25, 0.3) is 5.91 Å². The van der Waals surface area contributed by atoms with Gasteiger partial charge in [0.05, 0.1) is 37.5 Å². The quantitative estimate of drug-likeness (QED) is 0.386. The number of rotatable bonds is 8. The van der Waals surface area contributed by atoms with Gasteiger partial charge < -0.3 is 31.7 Å². The summed E-state index contributed by atoms with van der Waals surface area (Å²) in [4.78, 5) is 24.5. The standard InChI is InChI=1S/C21H28N10O2/c1-13(22)14(2)27-18-12-24-19(20(23)32)21(29-18)28-15-9-16(30-5-7-33-8-6-30)11-17(10-15)31-25-3-4-26-31/h3-4,9-14H,5-8,22H2,1-2H3,(H2,23,32)(H2,27,28,29)/t13-,14+/m0/s1. The van der Waals surface area contributed by atoms with E-state index in [1.54, 1.807) is 12.4 Å². The second kappa shape index (κ2) is 9.79. The molecule has 174 valence electrons. The van der Waals surface area contributed by atoms with Crippen LogP contribution in [0.4, 0.5) is 23.0 Å². The maximum atomic E-state index is 12.0. The van der Waals surface area contributed by atoms with Gasteiger partial charge >= 0.3 is 0 Å². The highest BCUT2D eigenvalue weighted by atomic mass is 16.5. The molecule has 4 rings (SSSR count). The second-order valence-electron chi connectivity index (χ2n) is 7.89. The van der Waals surface area contributed by atoms with E-state index >= 15 is 0 Å². The molecule has 12 nitrogen and oxygen atoms in total. The number of amides is 1. The lowest BCUT2D eigenvalue weighted by molar-refractivity contribution is 0.0996. The van der Waals surface area contributed by atoms with Gasteiger partial charge in [-0.25, -0.2) is 9.97 Å². The van der Waals surface area contributed by atoms with Crippen molar-refractivity contribution in [2.24, 2.45) is 11.5 Å². The van der Waals surface area contributed by atoms with E-state index in [-0.39, 0.29) is 23.6 Å². The number of hydrogen-bond donors (Lipinski definition) is 4. The van der Waals surface area contributed by atoms with Crippen LogP contribution in [0.3, 0.4) is 0 Å². The topological polar surface area (TPSA) is 162 Å². The Kier molecular flexibility index (Phi) is 6.66. The molecular weight excluding hydrogens is 424 g/mol. The average molecular weight is 453 g/mol. The van der Waals surface area contributed by atoms with Gasteiger partial charge in [-0.2, -0.15) is 15.0 Å². The number of nitrogens with one attached hydrogen (secondary N) is 2. The molecule has 3 heterocycles. The zero-order chi connectivity index (χ0) is 23.4. The maximum absolute atomic E-state index is 12.0. The minimum absolute atomic E-state index is 0.0320. The largest absolute Gasteiger partial charge is 0.378 e. The van der Waals surface area contributed by atoms with E-state index in [0.29, 0.717) is 24.7 Å². The third kappa shape index (κ3) is 5.35. The first-order valence-corrected chi connectivity index (χ1v) is 10.7. The molecule has 1 aliphatic rings. The van der Waals surface area contributed by atoms with Crippen molar-refractivity contribution in [2.45, 2.75) is 25.9 Å². The van der Waals surface area contributed by atoms with Crippen molar-refractivity contribution >= 4 is 28.9 Å². The lowest BCUT2D eigenvalue weighted by atomic mass is 10.2. The van der Waals surface area contributed by atoms with Crippen LogP contribution in [0.1, 0.15) is 24.3 Å². The van der Waals surface area contributed by atoms with Gasteiger partial charge in [-0.1, -0.05) is 0 Å². The molecule has 0 radical (unpaired) electrons. The molecule has 33 heavy (non-hydrogen) atoms. The van der Waals surface area contributed by atoms with Gasteiger partial charge in [-0.05, 0) is 32.0 Å². The van der Waals surface area contributed by atoms with Gasteiger partial charge in [0.2, 0.25) is 0 Å². The Labute approximate surface area is 191 Å². The van der Waals surface area contributed by atoms with Crippen molar-refractivity contribution in [3.8, 4) is 5.69 Å². The summed E-state index contributed by atoms with van der Waals surface area (Å²) in [5.74, 6) is 0.0311. The number of primary amides is 1. The van der Waals surface area contributed by atoms with Crippen molar-refractivity contribution < 1.29 is 9.53 Å². The Balaban J connectivity index is 1.71. The fraction of sp³-hybridized carbons (Fsp3) is 0.381. The molecule has 6 N–H and O–H groups in total. The van der Waals surface area contributed by atoms with Crippen LogP contribution >= 0.6 is 0 Å². The molecule has 0 bridgehead atoms. The first-order valence-electron chi connectivity index (χ1n) is 10.7. The molecule has 1 fully saturated rings. The van der Waals surface area contributed by atoms with Gasteiger partial charge in [-0.3, -0.25) is 4.79 Å². The summed E-state index contributed by atoms with van der Waals surface area (Å²) in [6, 6.07) is 5.68. The number of carbonyl (C=O) groups excluding carboxylic acids is 1. The lowest BCUT2D eigenvalue weighted by Crippen LogP contribution is -2.36. The maximum Gasteiger partial charge on any atom is 0.271 e. The molecule has 1 saturated heterocycles. The fourth-order valence-electron chi connectivity index (χ4n) is 3.36. The highest BCUT2D eigenvalue weighted by Gasteiger charge is 2.18. The zero-order valence-corrected chi connectivity index (χ0v) is 18.6. The predicted molar refractivity (Wildman–Crippen MR) is 125 cm³/mol. The smallest absolute Gasteiger partial charge is 0.271 e. The van der Waals surface area contributed by atoms with Gasteiger partial charge in [0.1, 0.15) is 5.82 Å². The van der Waals surface area contributed by atoms with Crippen LogP contribution in [0.15, 0.2) is 36.8 Å². The number of carbonyl (C=O) groups is 1. The third-order valence-corrected chi connectivity index (χ3v) is 5.36. The first-order chi connectivity index (χ1) is 15.9. The Morgan fingerprint density at radius 2 is 1.82 bits per heavy atom. The van der Waals surface area contributed by atoms with Crippen LogP contribution < -0.4 is 27.0 Å². The number of aromatic nitrogens is 5. The van der Waals surface area contributed by atoms with Crippen LogP contribution in [0, 0.1) is 0 Å². The minimum Gasteiger partial charge on any atom is -0.378 e. The summed E-state index contributed by atoms with van der Waals surface area (Å²) in [6.45, 7) is 6.65. The summed E-state index contributed by atoms with van der Waals surface area (Å²) in [5.41, 5.74) is 13.9. The molecule has 1 aliphatic heterocycles. The first kappa shape index (κ1) is 22.4. The average Bonchev–Trinajstić information content (AvgIpc) is 3.34. The summed E-state index contributed by atoms with van der Waals surface area (Å²) in [5, 5.41) is 14.9. The van der Waals surface area contributed by atoms with Crippen molar-refractivity contribution in [1.29, 1.82) is 0 Å². The molecular formula is C21H28N10O2. The van der Waals surface area contributed by atoms with Crippen LogP contribution in [0.5, 0.6) is 0 Å². The van der Waals surface area contributed by atoms with Crippen molar-refractivity contribution in [2.75, 3.05) is 41.8 Å². The van der Waals surface area contributed by atoms with Crippen LogP contribution in [0.2, 0.25) is 0 Å². The molecule has 1 aromatic carbocycles. The minimum atomic E-state index is -0.685. The van der Waals surface area contributed by atoms with E-state index in [4.69, 9.17) is 16.2 Å². The Hall–Kier alpha value is -3.77. The van der Waals surface area contributed by atoms with E-state index < -0.39 is 5.91 Å². The summed E-state index contributed by atoms with van der Waals surface area (Å²) >= 11 is 0. The van der Waals surface area contributed by atoms with Crippen molar-refractivity contribution in [3.63, 3.8) is 0 Å². The van der Waals surface area contributed by atoms with Crippen molar-refractivity contribution in [1.82, 2.24) is 25.0 Å². The zero-order valence-electron chi connectivity index (χ0n) is 18.6. The number of ether oxygens (including phenoxy) is 1. The van der Waals surface area contributed by atoms with E-state index in [2.05, 4.69) is 35.7 Å². The number of morpholine rings is 1. The monoisotopic (exact) mass is 452 g/mol. The highest BCUT2D eigenvalue weighted by Crippen LogP contribution is 2.28. The normalized spacial score (nSPS) is 15.7. The summed E-state index contributed by atoms with van der Waals surface area (Å²) in [6.07, 6.45) is 4.69. The number of nitrogens with zero attached hydrogens (tertiary/aromatic N) is 6. The van der Waals surface area contributed by atoms with Crippen LogP contribution in [-0.4, -0.2) is 69.3 Å². The molecule has 2 atom stereocenters.